The number of allylic oxidation sites excluding steroid dienone is 4. The van der Waals surface area contributed by atoms with Crippen molar-refractivity contribution in [3.63, 3.8) is 0 Å². The van der Waals surface area contributed by atoms with Gasteiger partial charge in [0.15, 0.2) is 0 Å². The molecule has 0 bridgehead atoms. The normalized spacial score (nSPS) is 21.9. The van der Waals surface area contributed by atoms with Gasteiger partial charge in [-0.3, -0.25) is 0 Å². The van der Waals surface area contributed by atoms with Gasteiger partial charge >= 0.3 is 0 Å². The molecule has 0 unspecified atom stereocenters. The number of phenols is 3. The zero-order valence-corrected chi connectivity index (χ0v) is 32.5. The van der Waals surface area contributed by atoms with Gasteiger partial charge in [-0.1, -0.05) is 71.8 Å². The molecule has 4 aromatic rings. The van der Waals surface area contributed by atoms with Crippen molar-refractivity contribution in [3.8, 4) is 23.0 Å². The van der Waals surface area contributed by atoms with Gasteiger partial charge in [-0.2, -0.15) is 0 Å². The van der Waals surface area contributed by atoms with Crippen molar-refractivity contribution < 1.29 is 20.1 Å². The van der Waals surface area contributed by atoms with Gasteiger partial charge in [0.2, 0.25) is 0 Å². The average molecular weight is 711 g/mol. The van der Waals surface area contributed by atoms with E-state index in [1.807, 2.05) is 39.0 Å². The molecule has 3 aliphatic carbocycles. The van der Waals surface area contributed by atoms with E-state index in [0.29, 0.717) is 29.1 Å². The summed E-state index contributed by atoms with van der Waals surface area (Å²) < 4.78 is 5.61. The van der Waals surface area contributed by atoms with Crippen molar-refractivity contribution in [2.45, 2.75) is 116 Å². The van der Waals surface area contributed by atoms with E-state index in [2.05, 4.69) is 73.7 Å². The first-order valence-corrected chi connectivity index (χ1v) is 19.9. The second kappa shape index (κ2) is 15.1. The molecular formula is C49H58O4. The lowest BCUT2D eigenvalue weighted by Crippen LogP contribution is -2.33. The summed E-state index contributed by atoms with van der Waals surface area (Å²) in [5, 5.41) is 30.9. The quantitative estimate of drug-likeness (QED) is 0.162. The van der Waals surface area contributed by atoms with E-state index >= 15 is 0 Å². The van der Waals surface area contributed by atoms with Gasteiger partial charge in [-0.05, 0) is 185 Å². The highest BCUT2D eigenvalue weighted by molar-refractivity contribution is 5.50. The number of methoxy groups -OCH3 is 1. The molecule has 0 aromatic heterocycles. The van der Waals surface area contributed by atoms with Crippen LogP contribution in [0.4, 0.5) is 0 Å². The first-order valence-electron chi connectivity index (χ1n) is 19.9. The van der Waals surface area contributed by atoms with Crippen molar-refractivity contribution in [2.24, 2.45) is 11.8 Å². The molecule has 2 saturated carbocycles. The molecule has 53 heavy (non-hydrogen) atoms. The average Bonchev–Trinajstić information content (AvgIpc) is 3.16. The first kappa shape index (κ1) is 36.9. The van der Waals surface area contributed by atoms with Crippen LogP contribution in [0.2, 0.25) is 0 Å². The summed E-state index contributed by atoms with van der Waals surface area (Å²) in [6.07, 6.45) is 18.8. The van der Waals surface area contributed by atoms with Gasteiger partial charge in [-0.25, -0.2) is 0 Å². The highest BCUT2D eigenvalue weighted by Gasteiger charge is 2.41. The molecule has 7 rings (SSSR count). The minimum absolute atomic E-state index is 0.0557. The third-order valence-corrected chi connectivity index (χ3v) is 13.5. The molecule has 4 aromatic carbocycles. The van der Waals surface area contributed by atoms with E-state index < -0.39 is 0 Å². The summed E-state index contributed by atoms with van der Waals surface area (Å²) in [6.45, 7) is 8.12. The number of hydrogen-bond donors (Lipinski definition) is 3. The lowest BCUT2D eigenvalue weighted by molar-refractivity contribution is 0.260. The number of aryl methyl sites for hydroxylation is 4. The molecule has 4 heteroatoms. The number of hydrogen-bond acceptors (Lipinski definition) is 4. The molecule has 0 aliphatic heterocycles. The third kappa shape index (κ3) is 7.39. The van der Waals surface area contributed by atoms with Crippen molar-refractivity contribution >= 4 is 0 Å². The fourth-order valence-electron chi connectivity index (χ4n) is 10.1. The Morgan fingerprint density at radius 1 is 0.509 bits per heavy atom. The molecule has 2 fully saturated rings. The van der Waals surface area contributed by atoms with Crippen LogP contribution in [0.3, 0.4) is 0 Å². The molecular weight excluding hydrogens is 653 g/mol. The van der Waals surface area contributed by atoms with E-state index in [0.717, 1.165) is 48.1 Å². The standard InChI is InChI=1S/C49H58O4/c1-32-26-40(10-14-44(32)50)48(41-11-15-45(51)33(2)27-41)22-18-38(19-23-48)30-36-6-8-37(9-7-36)31-39-20-24-49(25-21-39,42-12-16-46(52)34(3)28-42)43-13-17-47(53-5)35(4)29-43/h6,8,10-17,26-29,38-39,50-52H,7,9,18-25,30-31H2,1-5H3. The second-order valence-electron chi connectivity index (χ2n) is 16.8. The Bertz CT molecular complexity index is 1960. The van der Waals surface area contributed by atoms with Crippen LogP contribution in [-0.2, 0) is 10.8 Å². The SMILES string of the molecule is COc1ccc(C2(c3ccc(O)c(C)c3)CCC(CC3=CC=C(CC4CCC(c5ccc(O)c(C)c5)(c5ccc(O)c(C)c5)CC4)CC3)CC2)cc1C. The second-order valence-corrected chi connectivity index (χ2v) is 16.8. The summed E-state index contributed by atoms with van der Waals surface area (Å²) in [6, 6.07) is 25.2. The summed E-state index contributed by atoms with van der Waals surface area (Å²) in [4.78, 5) is 0. The van der Waals surface area contributed by atoms with Crippen molar-refractivity contribution in [3.05, 3.63) is 141 Å². The molecule has 0 radical (unpaired) electrons. The van der Waals surface area contributed by atoms with Gasteiger partial charge in [0.1, 0.15) is 23.0 Å². The highest BCUT2D eigenvalue weighted by Crippen LogP contribution is 2.51. The summed E-state index contributed by atoms with van der Waals surface area (Å²) in [7, 11) is 1.74. The largest absolute Gasteiger partial charge is 0.508 e. The van der Waals surface area contributed by atoms with Crippen LogP contribution in [0.1, 0.15) is 122 Å². The van der Waals surface area contributed by atoms with E-state index in [1.165, 1.54) is 79.2 Å². The Morgan fingerprint density at radius 2 is 0.849 bits per heavy atom. The Morgan fingerprint density at radius 3 is 1.15 bits per heavy atom. The molecule has 0 heterocycles. The van der Waals surface area contributed by atoms with E-state index in [-0.39, 0.29) is 10.8 Å². The van der Waals surface area contributed by atoms with Gasteiger partial charge in [-0.15, -0.1) is 0 Å². The molecule has 3 aliphatic rings. The highest BCUT2D eigenvalue weighted by atomic mass is 16.5. The Kier molecular flexibility index (Phi) is 10.5. The van der Waals surface area contributed by atoms with Crippen LogP contribution in [0, 0.1) is 39.5 Å². The minimum Gasteiger partial charge on any atom is -0.508 e. The van der Waals surface area contributed by atoms with E-state index in [4.69, 9.17) is 4.74 Å². The summed E-state index contributed by atoms with van der Waals surface area (Å²) in [5.74, 6) is 3.37. The monoisotopic (exact) mass is 710 g/mol. The minimum atomic E-state index is -0.105. The van der Waals surface area contributed by atoms with Crippen molar-refractivity contribution in [2.75, 3.05) is 7.11 Å². The van der Waals surface area contributed by atoms with Gasteiger partial charge < -0.3 is 20.1 Å². The number of ether oxygens (including phenoxy) is 1. The predicted octanol–water partition coefficient (Wildman–Crippen LogP) is 12.1. The van der Waals surface area contributed by atoms with Crippen LogP contribution in [0.5, 0.6) is 23.0 Å². The fraction of sp³-hybridized carbons (Fsp3) is 0.429. The number of aromatic hydroxyl groups is 3. The van der Waals surface area contributed by atoms with Crippen molar-refractivity contribution in [1.82, 2.24) is 0 Å². The van der Waals surface area contributed by atoms with E-state index in [1.54, 1.807) is 18.3 Å². The number of phenolic OH excluding ortho intramolecular Hbond substituents is 3. The van der Waals surface area contributed by atoms with Crippen LogP contribution in [0.25, 0.3) is 0 Å². The van der Waals surface area contributed by atoms with Crippen molar-refractivity contribution in [1.29, 1.82) is 0 Å². The maximum atomic E-state index is 10.3. The maximum Gasteiger partial charge on any atom is 0.121 e. The van der Waals surface area contributed by atoms with Gasteiger partial charge in [0.05, 0.1) is 7.11 Å². The first-order chi connectivity index (χ1) is 25.5. The molecule has 0 spiro atoms. The Balaban J connectivity index is 1.00. The van der Waals surface area contributed by atoms with Gasteiger partial charge in [0.25, 0.3) is 0 Å². The van der Waals surface area contributed by atoms with Crippen LogP contribution < -0.4 is 4.74 Å². The van der Waals surface area contributed by atoms with Crippen LogP contribution in [0.15, 0.2) is 96.1 Å². The maximum absolute atomic E-state index is 10.3. The number of benzene rings is 4. The lowest BCUT2D eigenvalue weighted by Gasteiger charge is -2.42. The zero-order valence-electron chi connectivity index (χ0n) is 32.5. The molecule has 0 saturated heterocycles. The predicted molar refractivity (Wildman–Crippen MR) is 216 cm³/mol. The fourth-order valence-corrected chi connectivity index (χ4v) is 10.1. The molecule has 0 atom stereocenters. The smallest absolute Gasteiger partial charge is 0.121 e. The Labute approximate surface area is 317 Å². The van der Waals surface area contributed by atoms with Gasteiger partial charge in [0, 0.05) is 10.8 Å². The Hall–Kier alpha value is -4.44. The topological polar surface area (TPSA) is 69.9 Å². The zero-order chi connectivity index (χ0) is 37.3. The molecule has 3 N–H and O–H groups in total. The van der Waals surface area contributed by atoms with Crippen LogP contribution in [-0.4, -0.2) is 22.4 Å². The third-order valence-electron chi connectivity index (χ3n) is 13.5. The lowest BCUT2D eigenvalue weighted by atomic mass is 9.61. The molecule has 278 valence electrons. The number of rotatable bonds is 9. The van der Waals surface area contributed by atoms with E-state index in [9.17, 15) is 15.3 Å². The molecule has 4 nitrogen and oxygen atoms in total. The molecule has 0 amide bonds. The van der Waals surface area contributed by atoms with Crippen LogP contribution >= 0.6 is 0 Å². The summed E-state index contributed by atoms with van der Waals surface area (Å²) in [5.41, 5.74) is 12.2. The summed E-state index contributed by atoms with van der Waals surface area (Å²) >= 11 is 0.